The van der Waals surface area contributed by atoms with Crippen LogP contribution in [0.3, 0.4) is 0 Å². The van der Waals surface area contributed by atoms with E-state index in [1.54, 1.807) is 6.07 Å². The summed E-state index contributed by atoms with van der Waals surface area (Å²) in [6.45, 7) is 4.91. The number of sulfonamides is 1. The van der Waals surface area contributed by atoms with Gasteiger partial charge in [-0.3, -0.25) is 0 Å². The summed E-state index contributed by atoms with van der Waals surface area (Å²) >= 11 is 0. The molecule has 2 amide bonds. The van der Waals surface area contributed by atoms with Gasteiger partial charge in [0.1, 0.15) is 0 Å². The minimum absolute atomic E-state index is 0.00882. The lowest BCUT2D eigenvalue weighted by Crippen LogP contribution is -2.45. The number of nitrogens with two attached hydrogens (primary N) is 1. The molecule has 0 aromatic heterocycles. The highest BCUT2D eigenvalue weighted by Gasteiger charge is 2.15. The van der Waals surface area contributed by atoms with E-state index in [9.17, 15) is 13.2 Å². The second kappa shape index (κ2) is 7.76. The molecule has 0 aliphatic carbocycles. The highest BCUT2D eigenvalue weighted by atomic mass is 32.2. The molecule has 1 atom stereocenters. The molecule has 0 radical (unpaired) electrons. The normalized spacial score (nSPS) is 17.5. The number of primary sulfonamides is 1. The summed E-state index contributed by atoms with van der Waals surface area (Å²) in [7, 11) is -3.78. The van der Waals surface area contributed by atoms with Crippen molar-refractivity contribution < 1.29 is 13.2 Å². The predicted octanol–water partition coefficient (Wildman–Crippen LogP) is 1.33. The van der Waals surface area contributed by atoms with E-state index in [4.69, 9.17) is 5.14 Å². The van der Waals surface area contributed by atoms with E-state index in [0.29, 0.717) is 5.69 Å². The van der Waals surface area contributed by atoms with Crippen molar-refractivity contribution >= 4 is 21.7 Å². The number of likely N-dealkylation sites (tertiary alicyclic amines) is 1. The molecule has 1 saturated heterocycles. The predicted molar refractivity (Wildman–Crippen MR) is 89.7 cm³/mol. The Morgan fingerprint density at radius 1 is 1.30 bits per heavy atom. The van der Waals surface area contributed by atoms with E-state index in [2.05, 4.69) is 15.5 Å². The number of piperidine rings is 1. The maximum atomic E-state index is 12.0. The van der Waals surface area contributed by atoms with Gasteiger partial charge >= 0.3 is 6.03 Å². The molecule has 128 valence electrons. The van der Waals surface area contributed by atoms with Crippen LogP contribution in [0.2, 0.25) is 0 Å². The quantitative estimate of drug-likeness (QED) is 0.752. The van der Waals surface area contributed by atoms with Crippen molar-refractivity contribution in [3.63, 3.8) is 0 Å². The van der Waals surface area contributed by atoms with Crippen molar-refractivity contribution in [2.75, 3.05) is 25.0 Å². The van der Waals surface area contributed by atoms with Gasteiger partial charge in [0, 0.05) is 18.3 Å². The Morgan fingerprint density at radius 3 is 2.65 bits per heavy atom. The molecule has 23 heavy (non-hydrogen) atoms. The van der Waals surface area contributed by atoms with Crippen molar-refractivity contribution in [2.45, 2.75) is 37.1 Å². The first-order chi connectivity index (χ1) is 10.8. The number of hydrogen-bond donors (Lipinski definition) is 3. The van der Waals surface area contributed by atoms with Crippen LogP contribution in [0.15, 0.2) is 29.2 Å². The van der Waals surface area contributed by atoms with Gasteiger partial charge in [-0.05, 0) is 51.1 Å². The molecule has 4 N–H and O–H groups in total. The van der Waals surface area contributed by atoms with E-state index in [1.807, 2.05) is 6.92 Å². The number of amides is 2. The van der Waals surface area contributed by atoms with Crippen LogP contribution in [0.1, 0.15) is 26.2 Å². The van der Waals surface area contributed by atoms with Gasteiger partial charge in [0.05, 0.1) is 4.90 Å². The number of carbonyl (C=O) groups excluding carboxylic acids is 1. The fourth-order valence-electron chi connectivity index (χ4n) is 2.72. The maximum Gasteiger partial charge on any atom is 0.319 e. The largest absolute Gasteiger partial charge is 0.334 e. The van der Waals surface area contributed by atoms with Crippen LogP contribution in [0.4, 0.5) is 10.5 Å². The Kier molecular flexibility index (Phi) is 5.97. The molecular formula is C15H24N4O3S. The van der Waals surface area contributed by atoms with Gasteiger partial charge in [-0.15, -0.1) is 0 Å². The lowest BCUT2D eigenvalue weighted by Gasteiger charge is -2.29. The maximum absolute atomic E-state index is 12.0. The lowest BCUT2D eigenvalue weighted by atomic mass is 10.1. The smallest absolute Gasteiger partial charge is 0.319 e. The van der Waals surface area contributed by atoms with Crippen LogP contribution in [0.25, 0.3) is 0 Å². The first-order valence-electron chi connectivity index (χ1n) is 7.77. The van der Waals surface area contributed by atoms with Gasteiger partial charge in [0.2, 0.25) is 10.0 Å². The molecule has 2 rings (SSSR count). The molecule has 1 aliphatic rings. The highest BCUT2D eigenvalue weighted by molar-refractivity contribution is 7.89. The molecule has 7 nitrogen and oxygen atoms in total. The fourth-order valence-corrected chi connectivity index (χ4v) is 3.28. The number of hydrogen-bond acceptors (Lipinski definition) is 4. The van der Waals surface area contributed by atoms with Gasteiger partial charge < -0.3 is 15.5 Å². The van der Waals surface area contributed by atoms with E-state index in [0.717, 1.165) is 19.6 Å². The van der Waals surface area contributed by atoms with Gasteiger partial charge in [-0.1, -0.05) is 12.5 Å². The molecule has 0 spiro atoms. The molecule has 0 bridgehead atoms. The summed E-state index contributed by atoms with van der Waals surface area (Å²) in [6.07, 6.45) is 3.69. The van der Waals surface area contributed by atoms with E-state index in [-0.39, 0.29) is 17.0 Å². The van der Waals surface area contributed by atoms with Crippen LogP contribution in [-0.4, -0.2) is 45.0 Å². The number of anilines is 1. The lowest BCUT2D eigenvalue weighted by molar-refractivity contribution is 0.206. The average Bonchev–Trinajstić information content (AvgIpc) is 2.47. The molecule has 8 heteroatoms. The number of rotatable bonds is 5. The molecule has 0 unspecified atom stereocenters. The molecule has 1 aliphatic heterocycles. The van der Waals surface area contributed by atoms with Crippen molar-refractivity contribution in [2.24, 2.45) is 5.14 Å². The zero-order valence-electron chi connectivity index (χ0n) is 13.3. The topological polar surface area (TPSA) is 105 Å². The zero-order valence-corrected chi connectivity index (χ0v) is 14.1. The van der Waals surface area contributed by atoms with E-state index in [1.165, 1.54) is 37.5 Å². The highest BCUT2D eigenvalue weighted by Crippen LogP contribution is 2.14. The summed E-state index contributed by atoms with van der Waals surface area (Å²) in [5, 5.41) is 10.6. The van der Waals surface area contributed by atoms with Crippen molar-refractivity contribution in [1.82, 2.24) is 10.2 Å². The summed E-state index contributed by atoms with van der Waals surface area (Å²) in [5.74, 6) is 0. The van der Waals surface area contributed by atoms with Crippen molar-refractivity contribution in [3.8, 4) is 0 Å². The van der Waals surface area contributed by atoms with Crippen molar-refractivity contribution in [1.29, 1.82) is 0 Å². The number of nitrogens with one attached hydrogen (secondary N) is 2. The first-order valence-corrected chi connectivity index (χ1v) is 9.32. The van der Waals surface area contributed by atoms with Crippen LogP contribution in [0, 0.1) is 0 Å². The number of carbonyl (C=O) groups is 1. The Hall–Kier alpha value is -1.64. The van der Waals surface area contributed by atoms with Crippen LogP contribution in [-0.2, 0) is 10.0 Å². The Balaban J connectivity index is 1.86. The second-order valence-electron chi connectivity index (χ2n) is 5.93. The Morgan fingerprint density at radius 2 is 2.00 bits per heavy atom. The van der Waals surface area contributed by atoms with Crippen LogP contribution in [0.5, 0.6) is 0 Å². The molecule has 0 saturated carbocycles. The third-order valence-electron chi connectivity index (χ3n) is 3.78. The first kappa shape index (κ1) is 17.7. The summed E-state index contributed by atoms with van der Waals surface area (Å²) in [4.78, 5) is 14.3. The summed E-state index contributed by atoms with van der Waals surface area (Å²) in [6, 6.07) is 5.52. The fraction of sp³-hybridized carbons (Fsp3) is 0.533. The monoisotopic (exact) mass is 340 g/mol. The van der Waals surface area contributed by atoms with E-state index >= 15 is 0 Å². The standard InChI is InChI=1S/C15H24N4O3S/c1-12(11-19-8-3-2-4-9-19)17-15(20)18-13-6-5-7-14(10-13)23(16,21)22/h5-7,10,12H,2-4,8-9,11H2,1H3,(H2,16,21,22)(H2,17,18,20)/t12-/m1/s1. The van der Waals surface area contributed by atoms with Gasteiger partial charge in [-0.25, -0.2) is 18.4 Å². The zero-order chi connectivity index (χ0) is 16.9. The third kappa shape index (κ3) is 5.81. The molecule has 1 heterocycles. The van der Waals surface area contributed by atoms with Gasteiger partial charge in [-0.2, -0.15) is 0 Å². The summed E-state index contributed by atoms with van der Waals surface area (Å²) < 4.78 is 22.6. The number of nitrogens with zero attached hydrogens (tertiary/aromatic N) is 1. The molecular weight excluding hydrogens is 316 g/mol. The minimum Gasteiger partial charge on any atom is -0.334 e. The third-order valence-corrected chi connectivity index (χ3v) is 4.69. The van der Waals surface area contributed by atoms with Gasteiger partial charge in [0.25, 0.3) is 0 Å². The SMILES string of the molecule is C[C@H](CN1CCCCC1)NC(=O)Nc1cccc(S(N)(=O)=O)c1. The average molecular weight is 340 g/mol. The number of urea groups is 1. The van der Waals surface area contributed by atoms with Crippen molar-refractivity contribution in [3.05, 3.63) is 24.3 Å². The minimum atomic E-state index is -3.78. The second-order valence-corrected chi connectivity index (χ2v) is 7.50. The van der Waals surface area contributed by atoms with Gasteiger partial charge in [0.15, 0.2) is 0 Å². The van der Waals surface area contributed by atoms with Crippen LogP contribution >= 0.6 is 0 Å². The number of benzene rings is 1. The van der Waals surface area contributed by atoms with E-state index < -0.39 is 10.0 Å². The molecule has 1 aromatic carbocycles. The molecule has 1 aromatic rings. The van der Waals surface area contributed by atoms with Crippen LogP contribution < -0.4 is 15.8 Å². The Bertz CT molecular complexity index is 642. The summed E-state index contributed by atoms with van der Waals surface area (Å²) in [5.41, 5.74) is 0.388. The molecule has 1 fully saturated rings. The Labute approximate surface area is 137 Å².